The van der Waals surface area contributed by atoms with Gasteiger partial charge in [0.15, 0.2) is 0 Å². The quantitative estimate of drug-likeness (QED) is 0.642. The van der Waals surface area contributed by atoms with Crippen LogP contribution in [-0.4, -0.2) is 36.4 Å². The van der Waals surface area contributed by atoms with Crippen LogP contribution in [0, 0.1) is 21.4 Å². The minimum atomic E-state index is -0.544. The van der Waals surface area contributed by atoms with Crippen molar-refractivity contribution in [2.75, 3.05) is 26.0 Å². The van der Waals surface area contributed by atoms with Crippen molar-refractivity contribution in [3.63, 3.8) is 0 Å². The monoisotopic (exact) mass is 262 g/mol. The Labute approximate surface area is 110 Å². The Morgan fingerprint density at radius 3 is 2.79 bits per heavy atom. The molecule has 0 aliphatic rings. The third-order valence-electron chi connectivity index (χ3n) is 2.63. The van der Waals surface area contributed by atoms with E-state index in [-0.39, 0.29) is 35.8 Å². The molecular formula is C12H14N4O3. The number of nitrogens with zero attached hydrogens (tertiary/aromatic N) is 3. The molecule has 1 aromatic rings. The van der Waals surface area contributed by atoms with Crippen LogP contribution in [0.15, 0.2) is 18.2 Å². The molecule has 0 heterocycles. The second-order valence-corrected chi connectivity index (χ2v) is 3.84. The fourth-order valence-corrected chi connectivity index (χ4v) is 1.66. The van der Waals surface area contributed by atoms with Crippen molar-refractivity contribution in [2.24, 2.45) is 0 Å². The molecule has 0 unspecified atom stereocenters. The van der Waals surface area contributed by atoms with Gasteiger partial charge in [0.2, 0.25) is 0 Å². The van der Waals surface area contributed by atoms with Crippen LogP contribution >= 0.6 is 0 Å². The number of nitro groups is 1. The summed E-state index contributed by atoms with van der Waals surface area (Å²) in [7, 11) is 3.08. The smallest absolute Gasteiger partial charge is 0.293 e. The van der Waals surface area contributed by atoms with Gasteiger partial charge in [-0.3, -0.25) is 14.9 Å². The van der Waals surface area contributed by atoms with E-state index in [0.29, 0.717) is 0 Å². The first-order valence-electron chi connectivity index (χ1n) is 5.60. The van der Waals surface area contributed by atoms with Crippen molar-refractivity contribution < 1.29 is 9.72 Å². The molecule has 0 aromatic heterocycles. The van der Waals surface area contributed by atoms with E-state index < -0.39 is 4.92 Å². The van der Waals surface area contributed by atoms with Gasteiger partial charge in [0, 0.05) is 26.7 Å². The number of para-hydroxylation sites is 1. The Bertz CT molecular complexity index is 536. The van der Waals surface area contributed by atoms with Gasteiger partial charge in [-0.2, -0.15) is 5.26 Å². The molecule has 0 aliphatic carbocycles. The fraction of sp³-hybridized carbons (Fsp3) is 0.333. The maximum atomic E-state index is 12.2. The predicted octanol–water partition coefficient (Wildman–Crippen LogP) is 1.62. The van der Waals surface area contributed by atoms with Crippen LogP contribution < -0.4 is 5.32 Å². The molecule has 0 fully saturated rings. The van der Waals surface area contributed by atoms with E-state index in [1.807, 2.05) is 6.07 Å². The molecule has 0 atom stereocenters. The number of anilines is 1. The number of benzene rings is 1. The van der Waals surface area contributed by atoms with Gasteiger partial charge in [-0.15, -0.1) is 0 Å². The van der Waals surface area contributed by atoms with Gasteiger partial charge in [-0.25, -0.2) is 0 Å². The van der Waals surface area contributed by atoms with Crippen LogP contribution in [0.2, 0.25) is 0 Å². The summed E-state index contributed by atoms with van der Waals surface area (Å²) >= 11 is 0. The third kappa shape index (κ3) is 3.19. The number of nitriles is 1. The first kappa shape index (κ1) is 14.4. The first-order valence-corrected chi connectivity index (χ1v) is 5.60. The number of rotatable bonds is 5. The zero-order chi connectivity index (χ0) is 14.4. The fourth-order valence-electron chi connectivity index (χ4n) is 1.66. The van der Waals surface area contributed by atoms with Crippen molar-refractivity contribution >= 4 is 17.3 Å². The largest absolute Gasteiger partial charge is 0.382 e. The molecule has 1 N–H and O–H groups in total. The van der Waals surface area contributed by atoms with Gasteiger partial charge in [-0.1, -0.05) is 6.07 Å². The Balaban J connectivity index is 3.13. The summed E-state index contributed by atoms with van der Waals surface area (Å²) in [6.45, 7) is 0.279. The van der Waals surface area contributed by atoms with Crippen LogP contribution in [-0.2, 0) is 0 Å². The van der Waals surface area contributed by atoms with Crippen molar-refractivity contribution in [1.29, 1.82) is 5.26 Å². The Kier molecular flexibility index (Phi) is 4.83. The van der Waals surface area contributed by atoms with E-state index in [0.717, 1.165) is 0 Å². The Hall–Kier alpha value is -2.62. The molecular weight excluding hydrogens is 248 g/mol. The number of carbonyl (C=O) groups excluding carboxylic acids is 1. The molecule has 7 heteroatoms. The summed E-state index contributed by atoms with van der Waals surface area (Å²) in [4.78, 5) is 23.9. The lowest BCUT2D eigenvalue weighted by atomic mass is 10.1. The SMILES string of the molecule is CNc1c(C(=O)N(C)CCC#N)cccc1[N+](=O)[O-]. The van der Waals surface area contributed by atoms with Gasteiger partial charge >= 0.3 is 0 Å². The van der Waals surface area contributed by atoms with Crippen LogP contribution in [0.25, 0.3) is 0 Å². The van der Waals surface area contributed by atoms with Crippen LogP contribution in [0.1, 0.15) is 16.8 Å². The van der Waals surface area contributed by atoms with E-state index in [1.165, 1.54) is 30.1 Å². The zero-order valence-electron chi connectivity index (χ0n) is 10.7. The molecule has 0 bridgehead atoms. The number of hydrogen-bond acceptors (Lipinski definition) is 5. The highest BCUT2D eigenvalue weighted by Crippen LogP contribution is 2.28. The van der Waals surface area contributed by atoms with Gasteiger partial charge < -0.3 is 10.2 Å². The molecule has 1 rings (SSSR count). The molecule has 0 radical (unpaired) electrons. The second-order valence-electron chi connectivity index (χ2n) is 3.84. The highest BCUT2D eigenvalue weighted by Gasteiger charge is 2.22. The molecule has 0 saturated heterocycles. The van der Waals surface area contributed by atoms with Gasteiger partial charge in [0.25, 0.3) is 11.6 Å². The van der Waals surface area contributed by atoms with Crippen LogP contribution in [0.3, 0.4) is 0 Å². The zero-order valence-corrected chi connectivity index (χ0v) is 10.7. The standard InChI is InChI=1S/C12H14N4O3/c1-14-11-9(5-3-6-10(11)16(18)19)12(17)15(2)8-4-7-13/h3,5-6,14H,4,8H2,1-2H3. The minimum absolute atomic E-state index is 0.151. The van der Waals surface area contributed by atoms with E-state index in [4.69, 9.17) is 5.26 Å². The second kappa shape index (κ2) is 6.35. The lowest BCUT2D eigenvalue weighted by Crippen LogP contribution is -2.28. The lowest BCUT2D eigenvalue weighted by Gasteiger charge is -2.17. The first-order chi connectivity index (χ1) is 9.02. The normalized spacial score (nSPS) is 9.53. The van der Waals surface area contributed by atoms with Gasteiger partial charge in [0.1, 0.15) is 5.69 Å². The summed E-state index contributed by atoms with van der Waals surface area (Å²) < 4.78 is 0. The number of hydrogen-bond donors (Lipinski definition) is 1. The van der Waals surface area contributed by atoms with E-state index in [1.54, 1.807) is 7.05 Å². The van der Waals surface area contributed by atoms with Crippen molar-refractivity contribution in [1.82, 2.24) is 4.90 Å². The Morgan fingerprint density at radius 2 is 2.26 bits per heavy atom. The number of nitrogens with one attached hydrogen (secondary N) is 1. The van der Waals surface area contributed by atoms with Crippen molar-refractivity contribution in [3.8, 4) is 6.07 Å². The lowest BCUT2D eigenvalue weighted by molar-refractivity contribution is -0.384. The minimum Gasteiger partial charge on any atom is -0.382 e. The summed E-state index contributed by atoms with van der Waals surface area (Å²) in [6.07, 6.45) is 0.214. The maximum Gasteiger partial charge on any atom is 0.293 e. The van der Waals surface area contributed by atoms with Gasteiger partial charge in [-0.05, 0) is 6.07 Å². The maximum absolute atomic E-state index is 12.2. The number of nitro benzene ring substituents is 1. The Morgan fingerprint density at radius 1 is 1.58 bits per heavy atom. The molecule has 100 valence electrons. The summed E-state index contributed by atoms with van der Waals surface area (Å²) in [5.41, 5.74) is 0.250. The summed E-state index contributed by atoms with van der Waals surface area (Å²) in [5.74, 6) is -0.358. The number of carbonyl (C=O) groups is 1. The summed E-state index contributed by atoms with van der Waals surface area (Å²) in [6, 6.07) is 6.26. The molecule has 19 heavy (non-hydrogen) atoms. The van der Waals surface area contributed by atoms with E-state index >= 15 is 0 Å². The van der Waals surface area contributed by atoms with E-state index in [9.17, 15) is 14.9 Å². The van der Waals surface area contributed by atoms with Crippen LogP contribution in [0.4, 0.5) is 11.4 Å². The molecule has 7 nitrogen and oxygen atoms in total. The average Bonchev–Trinajstić information content (AvgIpc) is 2.42. The molecule has 0 aliphatic heterocycles. The topological polar surface area (TPSA) is 99.3 Å². The van der Waals surface area contributed by atoms with Crippen molar-refractivity contribution in [2.45, 2.75) is 6.42 Å². The van der Waals surface area contributed by atoms with Crippen LogP contribution in [0.5, 0.6) is 0 Å². The highest BCUT2D eigenvalue weighted by molar-refractivity contribution is 6.01. The molecule has 1 aromatic carbocycles. The van der Waals surface area contributed by atoms with Gasteiger partial charge in [0.05, 0.1) is 23.0 Å². The summed E-state index contributed by atoms with van der Waals surface area (Å²) in [5, 5.41) is 22.1. The highest BCUT2D eigenvalue weighted by atomic mass is 16.6. The predicted molar refractivity (Wildman–Crippen MR) is 69.8 cm³/mol. The third-order valence-corrected chi connectivity index (χ3v) is 2.63. The average molecular weight is 262 g/mol. The van der Waals surface area contributed by atoms with Crippen molar-refractivity contribution in [3.05, 3.63) is 33.9 Å². The van der Waals surface area contributed by atoms with E-state index in [2.05, 4.69) is 5.32 Å². The molecule has 1 amide bonds. The molecule has 0 spiro atoms. The molecule has 0 saturated carbocycles. The number of amides is 1.